The van der Waals surface area contributed by atoms with E-state index in [-0.39, 0.29) is 35.5 Å². The fraction of sp³-hybridized carbons (Fsp3) is 0.207. The van der Waals surface area contributed by atoms with Crippen LogP contribution >= 0.6 is 35.8 Å². The summed E-state index contributed by atoms with van der Waals surface area (Å²) in [6, 6.07) is 45.8. The Morgan fingerprint density at radius 1 is 0.662 bits per heavy atom. The second-order valence-electron chi connectivity index (χ2n) is 17.4. The maximum Gasteiger partial charge on any atom is 0.108 e. The van der Waals surface area contributed by atoms with E-state index in [9.17, 15) is 0 Å². The molecule has 2 aliphatic rings. The molecule has 3 aromatic carbocycles. The molecule has 0 N–H and O–H groups in total. The molecule has 0 fully saturated rings. The predicted octanol–water partition coefficient (Wildman–Crippen LogP) is 15.4. The minimum Gasteiger partial charge on any atom is -0.469 e. The summed E-state index contributed by atoms with van der Waals surface area (Å²) < 4.78 is 15.0. The Balaban J connectivity index is 1.28. The van der Waals surface area contributed by atoms with Crippen LogP contribution in [0.1, 0.15) is 81.9 Å². The van der Waals surface area contributed by atoms with Gasteiger partial charge in [0.1, 0.15) is 17.3 Å². The lowest BCUT2D eigenvalue weighted by molar-refractivity contribution is 0.222. The van der Waals surface area contributed by atoms with Crippen LogP contribution in [-0.2, 0) is 12.8 Å². The van der Waals surface area contributed by atoms with Gasteiger partial charge in [0, 0.05) is 80.1 Å². The van der Waals surface area contributed by atoms with Gasteiger partial charge in [0.2, 0.25) is 0 Å². The van der Waals surface area contributed by atoms with Crippen LogP contribution in [0.2, 0.25) is 0 Å². The fourth-order valence-electron chi connectivity index (χ4n) is 10.6. The minimum atomic E-state index is -0.237. The Labute approximate surface area is 396 Å². The summed E-state index contributed by atoms with van der Waals surface area (Å²) in [5.74, 6) is 1.97. The van der Waals surface area contributed by atoms with Gasteiger partial charge in [-0.05, 0) is 131 Å². The van der Waals surface area contributed by atoms with Crippen molar-refractivity contribution in [1.29, 1.82) is 0 Å². The highest BCUT2D eigenvalue weighted by Gasteiger charge is 2.48. The van der Waals surface area contributed by atoms with E-state index in [0.717, 1.165) is 64.0 Å². The molecule has 2 aliphatic carbocycles. The molecule has 0 bridgehead atoms. The van der Waals surface area contributed by atoms with Gasteiger partial charge in [-0.25, -0.2) is 0 Å². The van der Waals surface area contributed by atoms with Gasteiger partial charge in [0.05, 0.1) is 6.26 Å². The molecule has 0 saturated carbocycles. The Bertz CT molecular complexity index is 3030. The number of nitrogens with zero attached hydrogens (tertiary/aromatic N) is 2. The van der Waals surface area contributed by atoms with Crippen LogP contribution < -0.4 is 0 Å². The summed E-state index contributed by atoms with van der Waals surface area (Å²) in [5, 5.41) is 3.73. The van der Waals surface area contributed by atoms with E-state index >= 15 is 0 Å². The van der Waals surface area contributed by atoms with Crippen LogP contribution in [-0.4, -0.2) is 19.7 Å². The molecule has 5 heterocycles. The van der Waals surface area contributed by atoms with Crippen LogP contribution in [0.15, 0.2) is 209 Å². The normalized spacial score (nSPS) is 16.8. The van der Waals surface area contributed by atoms with E-state index in [1.165, 1.54) is 42.4 Å². The molecule has 0 radical (unpaired) electrons. The average molecular weight is 903 g/mol. The van der Waals surface area contributed by atoms with Gasteiger partial charge < -0.3 is 8.83 Å². The van der Waals surface area contributed by atoms with E-state index in [1.54, 1.807) is 0 Å². The van der Waals surface area contributed by atoms with Crippen molar-refractivity contribution < 1.29 is 8.83 Å². The first-order chi connectivity index (χ1) is 32.0. The Morgan fingerprint density at radius 3 is 2.23 bits per heavy atom. The molecule has 0 amide bonds. The van der Waals surface area contributed by atoms with Crippen LogP contribution in [0.5, 0.6) is 0 Å². The number of pyridine rings is 2. The number of thiocarbonyl (C=S) groups is 2. The number of fused-ring (bicyclic) bond motifs is 2. The molecule has 10 rings (SSSR count). The van der Waals surface area contributed by atoms with E-state index < -0.39 is 0 Å². The molecule has 322 valence electrons. The molecule has 4 nitrogen and oxygen atoms in total. The van der Waals surface area contributed by atoms with Gasteiger partial charge in [-0.3, -0.25) is 9.97 Å². The zero-order chi connectivity index (χ0) is 44.1. The van der Waals surface area contributed by atoms with Crippen molar-refractivity contribution >= 4 is 66.4 Å². The second kappa shape index (κ2) is 19.5. The smallest absolute Gasteiger partial charge is 0.108 e. The summed E-state index contributed by atoms with van der Waals surface area (Å²) in [6.07, 6.45) is 24.6. The highest BCUT2D eigenvalue weighted by molar-refractivity contribution is 7.81. The number of allylic oxidation sites excluding steroid dienone is 8. The van der Waals surface area contributed by atoms with Gasteiger partial charge >= 0.3 is 0 Å². The molecule has 0 spiro atoms. The maximum absolute atomic E-state index is 6.93. The average Bonchev–Trinajstić information content (AvgIpc) is 4.14. The largest absolute Gasteiger partial charge is 0.469 e. The SMILES string of the molecule is Cc1ccc(C(C(Cc2ccccn2)c2cccnc2)C(c2ccco2)C(c2cc3ccccc3s2)C(CC2=CC=CCC2=S)C(Cc2cccc3ccccc23)C2=CC=CCC2=S)o1. The van der Waals surface area contributed by atoms with Crippen LogP contribution in [0, 0.1) is 18.8 Å². The van der Waals surface area contributed by atoms with E-state index in [2.05, 4.69) is 146 Å². The van der Waals surface area contributed by atoms with E-state index in [0.29, 0.717) is 6.42 Å². The van der Waals surface area contributed by atoms with Crippen LogP contribution in [0.4, 0.5) is 0 Å². The number of hydrogen-bond donors (Lipinski definition) is 0. The zero-order valence-electron chi connectivity index (χ0n) is 36.3. The molecule has 5 aromatic heterocycles. The van der Waals surface area contributed by atoms with Gasteiger partial charge in [-0.2, -0.15) is 0 Å². The standard InChI is InChI=1S/C58H50N2O2S3/c1-38-28-29-51(62-38)56(47(43-20-13-30-59-37-43)36-44-21-10-11-31-60-44)58(50-24-14-32-61-50)57(55-35-42-17-4-9-27-54(42)65-55)49(34-41-16-3-7-25-52(41)63)48(46-23-6-8-26-53(46)64)33-40-19-12-18-39-15-2-5-22-45(39)40/h2-24,27-32,35,37,47-49,56-58H,25-26,33-34,36H2,1H3. The van der Waals surface area contributed by atoms with Crippen molar-refractivity contribution in [2.45, 2.75) is 62.7 Å². The molecule has 65 heavy (non-hydrogen) atoms. The molecule has 8 aromatic rings. The minimum absolute atomic E-state index is 0.00726. The zero-order valence-corrected chi connectivity index (χ0v) is 38.8. The molecule has 0 aliphatic heterocycles. The fourth-order valence-corrected chi connectivity index (χ4v) is 12.4. The summed E-state index contributed by atoms with van der Waals surface area (Å²) in [6.45, 7) is 2.04. The Morgan fingerprint density at radius 2 is 1.48 bits per heavy atom. The molecule has 7 heteroatoms. The number of hydrogen-bond acceptors (Lipinski definition) is 7. The number of furan rings is 2. The molecule has 6 unspecified atom stereocenters. The van der Waals surface area contributed by atoms with E-state index in [1.807, 2.05) is 61.3 Å². The third kappa shape index (κ3) is 9.24. The quantitative estimate of drug-likeness (QED) is 0.0901. The number of thiophene rings is 1. The molecule has 6 atom stereocenters. The molecular formula is C58H50N2O2S3. The first-order valence-electron chi connectivity index (χ1n) is 22.6. The van der Waals surface area contributed by atoms with E-state index in [4.69, 9.17) is 43.2 Å². The van der Waals surface area contributed by atoms with Gasteiger partial charge in [-0.15, -0.1) is 11.3 Å². The second-order valence-corrected chi connectivity index (χ2v) is 19.5. The van der Waals surface area contributed by atoms with Crippen LogP contribution in [0.25, 0.3) is 20.9 Å². The summed E-state index contributed by atoms with van der Waals surface area (Å²) in [4.78, 5) is 13.0. The number of rotatable bonds is 16. The summed E-state index contributed by atoms with van der Waals surface area (Å²) in [5.41, 5.74) is 5.87. The number of aryl methyl sites for hydroxylation is 1. The maximum atomic E-state index is 6.93. The lowest BCUT2D eigenvalue weighted by atomic mass is 9.60. The van der Waals surface area contributed by atoms with Crippen LogP contribution in [0.3, 0.4) is 0 Å². The molecule has 0 saturated heterocycles. The van der Waals surface area contributed by atoms with Crippen molar-refractivity contribution in [3.8, 4) is 0 Å². The number of aromatic nitrogens is 2. The van der Waals surface area contributed by atoms with Gasteiger partial charge in [0.15, 0.2) is 0 Å². The monoisotopic (exact) mass is 902 g/mol. The topological polar surface area (TPSA) is 52.1 Å². The Kier molecular flexibility index (Phi) is 12.9. The third-order valence-electron chi connectivity index (χ3n) is 13.5. The lowest BCUT2D eigenvalue weighted by Crippen LogP contribution is -2.35. The highest BCUT2D eigenvalue weighted by Crippen LogP contribution is 2.58. The van der Waals surface area contributed by atoms with Crippen molar-refractivity contribution in [2.75, 3.05) is 0 Å². The molecular weight excluding hydrogens is 853 g/mol. The predicted molar refractivity (Wildman–Crippen MR) is 275 cm³/mol. The number of benzene rings is 3. The van der Waals surface area contributed by atoms with Crippen molar-refractivity contribution in [1.82, 2.24) is 9.97 Å². The van der Waals surface area contributed by atoms with Crippen molar-refractivity contribution in [2.24, 2.45) is 11.8 Å². The first kappa shape index (κ1) is 42.8. The van der Waals surface area contributed by atoms with Gasteiger partial charge in [-0.1, -0.05) is 134 Å². The third-order valence-corrected chi connectivity index (χ3v) is 15.5. The highest BCUT2D eigenvalue weighted by atomic mass is 32.1. The van der Waals surface area contributed by atoms with Crippen molar-refractivity contribution in [3.05, 3.63) is 239 Å². The summed E-state index contributed by atoms with van der Waals surface area (Å²) >= 11 is 14.7. The van der Waals surface area contributed by atoms with Gasteiger partial charge in [0.25, 0.3) is 0 Å². The first-order valence-corrected chi connectivity index (χ1v) is 24.3. The lowest BCUT2D eigenvalue weighted by Gasteiger charge is -2.43. The van der Waals surface area contributed by atoms with Crippen molar-refractivity contribution in [3.63, 3.8) is 0 Å². The Hall–Kier alpha value is -6.12. The summed E-state index contributed by atoms with van der Waals surface area (Å²) in [7, 11) is 0.